The smallest absolute Gasteiger partial charge is 0.0593 e. The van der Waals surface area contributed by atoms with E-state index in [9.17, 15) is 0 Å². The van der Waals surface area contributed by atoms with Gasteiger partial charge in [0.1, 0.15) is 0 Å². The van der Waals surface area contributed by atoms with Crippen LogP contribution in [0.1, 0.15) is 47.5 Å². The summed E-state index contributed by atoms with van der Waals surface area (Å²) in [6.45, 7) is 14.0. The summed E-state index contributed by atoms with van der Waals surface area (Å²) in [4.78, 5) is 2.46. The number of nitrogens with zero attached hydrogens (tertiary/aromatic N) is 1. The van der Waals surface area contributed by atoms with Crippen LogP contribution in [0.25, 0.3) is 0 Å². The van der Waals surface area contributed by atoms with E-state index < -0.39 is 0 Å². The summed E-state index contributed by atoms with van der Waals surface area (Å²) in [5.74, 6) is 0. The molecule has 0 N–H and O–H groups in total. The summed E-state index contributed by atoms with van der Waals surface area (Å²) >= 11 is 0. The number of rotatable bonds is 8. The van der Waals surface area contributed by atoms with Gasteiger partial charge in [0.2, 0.25) is 0 Å². The minimum Gasteiger partial charge on any atom is -0.380 e. The van der Waals surface area contributed by atoms with E-state index in [2.05, 4.69) is 39.5 Å². The first kappa shape index (κ1) is 13.9. The van der Waals surface area contributed by atoms with Gasteiger partial charge < -0.3 is 4.74 Å². The average molecular weight is 201 g/mol. The molecule has 0 saturated carbocycles. The zero-order valence-electron chi connectivity index (χ0n) is 10.5. The Labute approximate surface area is 89.6 Å². The molecule has 0 bridgehead atoms. The summed E-state index contributed by atoms with van der Waals surface area (Å²) in [7, 11) is 0. The van der Waals surface area contributed by atoms with Gasteiger partial charge in [0, 0.05) is 25.2 Å². The molecule has 0 unspecified atom stereocenters. The molecule has 0 aromatic rings. The second-order valence-electron chi connectivity index (χ2n) is 4.39. The van der Waals surface area contributed by atoms with E-state index in [1.807, 2.05) is 0 Å². The van der Waals surface area contributed by atoms with Crippen LogP contribution in [0.2, 0.25) is 0 Å². The predicted molar refractivity (Wildman–Crippen MR) is 62.7 cm³/mol. The maximum Gasteiger partial charge on any atom is 0.0593 e. The van der Waals surface area contributed by atoms with Crippen LogP contribution in [0, 0.1) is 0 Å². The molecule has 0 amide bonds. The van der Waals surface area contributed by atoms with Gasteiger partial charge in [-0.1, -0.05) is 13.3 Å². The van der Waals surface area contributed by atoms with Crippen molar-refractivity contribution in [3.8, 4) is 0 Å². The highest BCUT2D eigenvalue weighted by Crippen LogP contribution is 2.04. The van der Waals surface area contributed by atoms with E-state index >= 15 is 0 Å². The van der Waals surface area contributed by atoms with Crippen molar-refractivity contribution in [3.63, 3.8) is 0 Å². The average Bonchev–Trinajstić information content (AvgIpc) is 2.09. The Morgan fingerprint density at radius 1 is 1.00 bits per heavy atom. The van der Waals surface area contributed by atoms with Gasteiger partial charge in [0.25, 0.3) is 0 Å². The second kappa shape index (κ2) is 8.25. The fraction of sp³-hybridized carbons (Fsp3) is 1.00. The quantitative estimate of drug-likeness (QED) is 0.560. The van der Waals surface area contributed by atoms with Crippen molar-refractivity contribution in [3.05, 3.63) is 0 Å². The zero-order chi connectivity index (χ0) is 11.0. The molecule has 14 heavy (non-hydrogen) atoms. The van der Waals surface area contributed by atoms with Crippen LogP contribution < -0.4 is 0 Å². The van der Waals surface area contributed by atoms with Crippen LogP contribution in [0.4, 0.5) is 0 Å². The molecule has 0 rings (SSSR count). The Morgan fingerprint density at radius 3 is 2.00 bits per heavy atom. The monoisotopic (exact) mass is 201 g/mol. The molecule has 0 aliphatic rings. The summed E-state index contributed by atoms with van der Waals surface area (Å²) < 4.78 is 5.56. The standard InChI is InChI=1S/C12H27NO/c1-6-7-9-14-10-8-13(11(2)3)12(4)5/h11-12H,6-10H2,1-5H3. The largest absolute Gasteiger partial charge is 0.380 e. The maximum atomic E-state index is 5.56. The third-order valence-corrected chi connectivity index (χ3v) is 2.46. The minimum absolute atomic E-state index is 0.616. The van der Waals surface area contributed by atoms with Crippen molar-refractivity contribution in [2.24, 2.45) is 0 Å². The van der Waals surface area contributed by atoms with Crippen molar-refractivity contribution in [1.82, 2.24) is 4.90 Å². The molecule has 0 aliphatic heterocycles. The Hall–Kier alpha value is -0.0800. The first-order valence-corrected chi connectivity index (χ1v) is 5.93. The van der Waals surface area contributed by atoms with Crippen LogP contribution in [0.5, 0.6) is 0 Å². The van der Waals surface area contributed by atoms with Crippen molar-refractivity contribution < 1.29 is 4.74 Å². The first-order chi connectivity index (χ1) is 6.59. The normalized spacial score (nSPS) is 12.0. The molecule has 0 aromatic heterocycles. The molecule has 0 fully saturated rings. The Bertz CT molecular complexity index is 115. The van der Waals surface area contributed by atoms with E-state index in [1.165, 1.54) is 12.8 Å². The van der Waals surface area contributed by atoms with Gasteiger partial charge in [-0.25, -0.2) is 0 Å². The van der Waals surface area contributed by atoms with Gasteiger partial charge in [-0.3, -0.25) is 4.90 Å². The molecule has 0 saturated heterocycles. The van der Waals surface area contributed by atoms with E-state index in [0.29, 0.717) is 12.1 Å². The number of hydrogen-bond acceptors (Lipinski definition) is 2. The highest BCUT2D eigenvalue weighted by Gasteiger charge is 2.12. The van der Waals surface area contributed by atoms with Crippen molar-refractivity contribution in [2.75, 3.05) is 19.8 Å². The predicted octanol–water partition coefficient (Wildman–Crippen LogP) is 2.92. The van der Waals surface area contributed by atoms with Crippen molar-refractivity contribution in [2.45, 2.75) is 59.5 Å². The molecule has 0 atom stereocenters. The van der Waals surface area contributed by atoms with E-state index in [1.54, 1.807) is 0 Å². The van der Waals surface area contributed by atoms with Crippen LogP contribution in [0.3, 0.4) is 0 Å². The molecule has 86 valence electrons. The fourth-order valence-corrected chi connectivity index (χ4v) is 1.63. The maximum absolute atomic E-state index is 5.56. The van der Waals surface area contributed by atoms with Crippen molar-refractivity contribution >= 4 is 0 Å². The van der Waals surface area contributed by atoms with Crippen molar-refractivity contribution in [1.29, 1.82) is 0 Å². The summed E-state index contributed by atoms with van der Waals surface area (Å²) in [5, 5.41) is 0. The third kappa shape index (κ3) is 6.39. The molecule has 0 radical (unpaired) electrons. The lowest BCUT2D eigenvalue weighted by Crippen LogP contribution is -2.39. The summed E-state index contributed by atoms with van der Waals surface area (Å²) in [6.07, 6.45) is 2.40. The van der Waals surface area contributed by atoms with Crippen LogP contribution >= 0.6 is 0 Å². The van der Waals surface area contributed by atoms with Crippen LogP contribution in [-0.2, 0) is 4.74 Å². The van der Waals surface area contributed by atoms with Crippen LogP contribution in [0.15, 0.2) is 0 Å². The van der Waals surface area contributed by atoms with E-state index in [-0.39, 0.29) is 0 Å². The highest BCUT2D eigenvalue weighted by atomic mass is 16.5. The summed E-state index contributed by atoms with van der Waals surface area (Å²) in [5.41, 5.74) is 0. The molecule has 0 spiro atoms. The first-order valence-electron chi connectivity index (χ1n) is 5.93. The lowest BCUT2D eigenvalue weighted by molar-refractivity contribution is 0.0771. The lowest BCUT2D eigenvalue weighted by Gasteiger charge is -2.30. The van der Waals surface area contributed by atoms with E-state index in [4.69, 9.17) is 4.74 Å². The van der Waals surface area contributed by atoms with Gasteiger partial charge in [-0.15, -0.1) is 0 Å². The van der Waals surface area contributed by atoms with Gasteiger partial charge in [-0.05, 0) is 34.1 Å². The molecular formula is C12H27NO. The second-order valence-corrected chi connectivity index (χ2v) is 4.39. The third-order valence-electron chi connectivity index (χ3n) is 2.46. The zero-order valence-corrected chi connectivity index (χ0v) is 10.5. The number of ether oxygens (including phenoxy) is 1. The minimum atomic E-state index is 0.616. The fourth-order valence-electron chi connectivity index (χ4n) is 1.63. The summed E-state index contributed by atoms with van der Waals surface area (Å²) in [6, 6.07) is 1.23. The lowest BCUT2D eigenvalue weighted by atomic mass is 10.2. The van der Waals surface area contributed by atoms with Crippen LogP contribution in [-0.4, -0.2) is 36.7 Å². The van der Waals surface area contributed by atoms with Gasteiger partial charge in [-0.2, -0.15) is 0 Å². The molecule has 0 aromatic carbocycles. The Kier molecular flexibility index (Phi) is 8.20. The molecule has 2 heteroatoms. The molecule has 0 aliphatic carbocycles. The van der Waals surface area contributed by atoms with Gasteiger partial charge in [0.15, 0.2) is 0 Å². The van der Waals surface area contributed by atoms with E-state index in [0.717, 1.165) is 19.8 Å². The highest BCUT2D eigenvalue weighted by molar-refractivity contribution is 4.66. The molecule has 0 heterocycles. The molecule has 2 nitrogen and oxygen atoms in total. The van der Waals surface area contributed by atoms with Gasteiger partial charge in [0.05, 0.1) is 6.61 Å². The SMILES string of the molecule is CCCCOCCN(C(C)C)C(C)C. The topological polar surface area (TPSA) is 12.5 Å². The Balaban J connectivity index is 3.52. The molecular weight excluding hydrogens is 174 g/mol. The number of hydrogen-bond donors (Lipinski definition) is 0. The number of unbranched alkanes of at least 4 members (excludes halogenated alkanes) is 1. The Morgan fingerprint density at radius 2 is 1.57 bits per heavy atom. The van der Waals surface area contributed by atoms with Gasteiger partial charge >= 0.3 is 0 Å².